The number of rotatable bonds is 6. The molecule has 0 bridgehead atoms. The van der Waals surface area contributed by atoms with Gasteiger partial charge in [-0.2, -0.15) is 0 Å². The van der Waals surface area contributed by atoms with E-state index < -0.39 is 0 Å². The molecule has 0 unspecified atom stereocenters. The average Bonchev–Trinajstić information content (AvgIpc) is 2.62. The van der Waals surface area contributed by atoms with Crippen LogP contribution in [0.4, 0.5) is 0 Å². The average molecular weight is 305 g/mol. The summed E-state index contributed by atoms with van der Waals surface area (Å²) in [5.74, 6) is 2.16. The number of benzene rings is 3. The third-order valence-corrected chi connectivity index (χ3v) is 3.45. The van der Waals surface area contributed by atoms with Crippen LogP contribution in [0.1, 0.15) is 11.1 Å². The number of ether oxygens (including phenoxy) is 2. The molecule has 0 aromatic heterocycles. The molecule has 0 fully saturated rings. The monoisotopic (exact) mass is 305 g/mol. The summed E-state index contributed by atoms with van der Waals surface area (Å²) in [6, 6.07) is 25.5. The molecule has 23 heavy (non-hydrogen) atoms. The summed E-state index contributed by atoms with van der Waals surface area (Å²) in [6.07, 6.45) is 0. The summed E-state index contributed by atoms with van der Waals surface area (Å²) in [6.45, 7) is 0.993. The van der Waals surface area contributed by atoms with Crippen molar-refractivity contribution >= 4 is 0 Å². The van der Waals surface area contributed by atoms with Crippen LogP contribution in [0.25, 0.3) is 0 Å². The summed E-state index contributed by atoms with van der Waals surface area (Å²) in [7, 11) is 0. The van der Waals surface area contributed by atoms with E-state index >= 15 is 0 Å². The second-order valence-electron chi connectivity index (χ2n) is 5.17. The molecule has 3 nitrogen and oxygen atoms in total. The van der Waals surface area contributed by atoms with E-state index in [1.165, 1.54) is 0 Å². The van der Waals surface area contributed by atoms with Crippen LogP contribution in [0.5, 0.6) is 17.2 Å². The first kappa shape index (κ1) is 15.1. The van der Waals surface area contributed by atoms with Gasteiger partial charge in [0.1, 0.15) is 12.4 Å². The molecular weight excluding hydrogens is 286 g/mol. The molecule has 0 aliphatic carbocycles. The fourth-order valence-corrected chi connectivity index (χ4v) is 2.25. The fraction of sp³-hybridized carbons (Fsp3) is 0.100. The Bertz CT molecular complexity index is 756. The Kier molecular flexibility index (Phi) is 4.92. The van der Waals surface area contributed by atoms with Gasteiger partial charge in [-0.3, -0.25) is 0 Å². The van der Waals surface area contributed by atoms with Gasteiger partial charge in [-0.1, -0.05) is 54.6 Å². The minimum atomic E-state index is 0.489. The van der Waals surface area contributed by atoms with Crippen molar-refractivity contribution in [2.75, 3.05) is 0 Å². The molecule has 3 aromatic rings. The minimum absolute atomic E-state index is 0.489. The predicted octanol–water partition coefficient (Wildman–Crippen LogP) is 4.52. The van der Waals surface area contributed by atoms with Crippen LogP contribution < -0.4 is 15.2 Å². The molecule has 3 aromatic carbocycles. The topological polar surface area (TPSA) is 44.5 Å². The van der Waals surface area contributed by atoms with E-state index in [1.807, 2.05) is 78.9 Å². The number of nitrogens with two attached hydrogens (primary N) is 1. The van der Waals surface area contributed by atoms with E-state index in [9.17, 15) is 0 Å². The van der Waals surface area contributed by atoms with Crippen molar-refractivity contribution in [1.82, 2.24) is 0 Å². The maximum atomic E-state index is 5.96. The molecule has 0 aliphatic heterocycles. The van der Waals surface area contributed by atoms with Crippen LogP contribution in [0.2, 0.25) is 0 Å². The second kappa shape index (κ2) is 7.47. The van der Waals surface area contributed by atoms with Crippen molar-refractivity contribution in [3.8, 4) is 17.2 Å². The minimum Gasteiger partial charge on any atom is -0.485 e. The highest BCUT2D eigenvalue weighted by Crippen LogP contribution is 2.32. The van der Waals surface area contributed by atoms with Gasteiger partial charge in [0.15, 0.2) is 11.5 Å². The highest BCUT2D eigenvalue weighted by molar-refractivity contribution is 5.43. The molecular formula is C20H19NO2. The number of para-hydroxylation sites is 2. The lowest BCUT2D eigenvalue weighted by atomic mass is 10.2. The van der Waals surface area contributed by atoms with Gasteiger partial charge in [0, 0.05) is 6.54 Å². The Labute approximate surface area is 136 Å². The summed E-state index contributed by atoms with van der Waals surface area (Å²) < 4.78 is 11.9. The molecule has 0 saturated carbocycles. The van der Waals surface area contributed by atoms with Gasteiger partial charge >= 0.3 is 0 Å². The molecule has 0 heterocycles. The zero-order valence-electron chi connectivity index (χ0n) is 12.8. The summed E-state index contributed by atoms with van der Waals surface area (Å²) in [4.78, 5) is 0. The molecule has 2 N–H and O–H groups in total. The third-order valence-electron chi connectivity index (χ3n) is 3.45. The van der Waals surface area contributed by atoms with E-state index in [1.54, 1.807) is 0 Å². The van der Waals surface area contributed by atoms with Gasteiger partial charge < -0.3 is 15.2 Å². The zero-order valence-corrected chi connectivity index (χ0v) is 12.8. The highest BCUT2D eigenvalue weighted by atomic mass is 16.5. The van der Waals surface area contributed by atoms with Crippen LogP contribution in [-0.4, -0.2) is 0 Å². The predicted molar refractivity (Wildman–Crippen MR) is 91.6 cm³/mol. The van der Waals surface area contributed by atoms with E-state index in [-0.39, 0.29) is 0 Å². The van der Waals surface area contributed by atoms with Crippen LogP contribution in [0.3, 0.4) is 0 Å². The van der Waals surface area contributed by atoms with Crippen LogP contribution in [0.15, 0.2) is 78.9 Å². The van der Waals surface area contributed by atoms with Crippen LogP contribution >= 0.6 is 0 Å². The lowest BCUT2D eigenvalue weighted by Crippen LogP contribution is -1.98. The van der Waals surface area contributed by atoms with Gasteiger partial charge in [-0.25, -0.2) is 0 Å². The normalized spacial score (nSPS) is 10.3. The highest BCUT2D eigenvalue weighted by Gasteiger charge is 2.06. The fourth-order valence-electron chi connectivity index (χ4n) is 2.25. The van der Waals surface area contributed by atoms with Crippen molar-refractivity contribution in [2.45, 2.75) is 13.2 Å². The molecule has 0 saturated heterocycles. The van der Waals surface area contributed by atoms with Crippen LogP contribution in [-0.2, 0) is 13.2 Å². The van der Waals surface area contributed by atoms with Gasteiger partial charge in [-0.15, -0.1) is 0 Å². The standard InChI is InChI=1S/C20H19NO2/c21-14-17-9-6-10-18(13-17)23-20-12-5-4-11-19(20)22-15-16-7-2-1-3-8-16/h1-13H,14-15,21H2. The number of hydrogen-bond donors (Lipinski definition) is 1. The van der Waals surface area contributed by atoms with Gasteiger partial charge in [0.2, 0.25) is 0 Å². The first-order valence-corrected chi connectivity index (χ1v) is 7.58. The van der Waals surface area contributed by atoms with E-state index in [2.05, 4.69) is 0 Å². The van der Waals surface area contributed by atoms with Crippen molar-refractivity contribution in [1.29, 1.82) is 0 Å². The summed E-state index contributed by atoms with van der Waals surface area (Å²) in [5, 5.41) is 0. The molecule has 0 radical (unpaired) electrons. The molecule has 0 spiro atoms. The SMILES string of the molecule is NCc1cccc(Oc2ccccc2OCc2ccccc2)c1. The maximum Gasteiger partial charge on any atom is 0.169 e. The maximum absolute atomic E-state index is 5.96. The lowest BCUT2D eigenvalue weighted by molar-refractivity contribution is 0.291. The molecule has 0 aliphatic rings. The molecule has 0 atom stereocenters. The molecule has 0 amide bonds. The molecule has 3 rings (SSSR count). The van der Waals surface area contributed by atoms with Crippen molar-refractivity contribution in [3.05, 3.63) is 90.0 Å². The largest absolute Gasteiger partial charge is 0.485 e. The number of hydrogen-bond acceptors (Lipinski definition) is 3. The lowest BCUT2D eigenvalue weighted by Gasteiger charge is -2.13. The van der Waals surface area contributed by atoms with Gasteiger partial charge in [0.05, 0.1) is 0 Å². The molecule has 116 valence electrons. The Morgan fingerprint density at radius 1 is 0.696 bits per heavy atom. The van der Waals surface area contributed by atoms with Crippen molar-refractivity contribution in [2.24, 2.45) is 5.73 Å². The second-order valence-corrected chi connectivity index (χ2v) is 5.17. The van der Waals surface area contributed by atoms with E-state index in [0.29, 0.717) is 18.9 Å². The van der Waals surface area contributed by atoms with Gasteiger partial charge in [0.25, 0.3) is 0 Å². The quantitative estimate of drug-likeness (QED) is 0.728. The Balaban J connectivity index is 1.75. The first-order valence-electron chi connectivity index (χ1n) is 7.58. The Hall–Kier alpha value is -2.78. The smallest absolute Gasteiger partial charge is 0.169 e. The van der Waals surface area contributed by atoms with Crippen molar-refractivity contribution in [3.63, 3.8) is 0 Å². The van der Waals surface area contributed by atoms with E-state index in [0.717, 1.165) is 22.6 Å². The molecule has 3 heteroatoms. The van der Waals surface area contributed by atoms with E-state index in [4.69, 9.17) is 15.2 Å². The third kappa shape index (κ3) is 4.11. The Morgan fingerprint density at radius 2 is 1.39 bits per heavy atom. The Morgan fingerprint density at radius 3 is 2.17 bits per heavy atom. The first-order chi connectivity index (χ1) is 11.3. The van der Waals surface area contributed by atoms with Gasteiger partial charge in [-0.05, 0) is 35.4 Å². The zero-order chi connectivity index (χ0) is 15.9. The summed E-state index contributed by atoms with van der Waals surface area (Å²) in [5.41, 5.74) is 7.82. The van der Waals surface area contributed by atoms with Crippen molar-refractivity contribution < 1.29 is 9.47 Å². The van der Waals surface area contributed by atoms with Crippen LogP contribution in [0, 0.1) is 0 Å². The summed E-state index contributed by atoms with van der Waals surface area (Å²) >= 11 is 0.